The van der Waals surface area contributed by atoms with Crippen LogP contribution in [0.2, 0.25) is 5.28 Å². The van der Waals surface area contributed by atoms with E-state index in [1.54, 1.807) is 13.8 Å². The number of imidazole rings is 1. The van der Waals surface area contributed by atoms with Gasteiger partial charge in [-0.1, -0.05) is 33.6 Å². The monoisotopic (exact) mass is 564 g/mol. The van der Waals surface area contributed by atoms with E-state index in [1.165, 1.54) is 29.8 Å². The molecule has 2 rings (SSSR count). The minimum Gasteiger partial charge on any atom is -0.464 e. The first-order valence-corrected chi connectivity index (χ1v) is 13.9. The van der Waals surface area contributed by atoms with Crippen LogP contribution in [0.5, 0.6) is 0 Å². The van der Waals surface area contributed by atoms with Crippen LogP contribution >= 0.6 is 23.4 Å². The van der Waals surface area contributed by atoms with E-state index in [2.05, 4.69) is 21.9 Å². The van der Waals surface area contributed by atoms with Crippen LogP contribution in [0.4, 0.5) is 4.39 Å². The minimum atomic E-state index is -1.60. The summed E-state index contributed by atoms with van der Waals surface area (Å²) in [5.41, 5.74) is 0.732. The predicted octanol–water partition coefficient (Wildman–Crippen LogP) is 5.17. The second kappa shape index (κ2) is 18.3. The van der Waals surface area contributed by atoms with Gasteiger partial charge in [-0.25, -0.2) is 23.9 Å². The Morgan fingerprint density at radius 3 is 2.32 bits per heavy atom. The average Bonchev–Trinajstić information content (AvgIpc) is 3.31. The number of halogens is 2. The van der Waals surface area contributed by atoms with Gasteiger partial charge in [0.25, 0.3) is 6.10 Å². The largest absolute Gasteiger partial charge is 0.464 e. The summed E-state index contributed by atoms with van der Waals surface area (Å²) < 4.78 is 37.0. The van der Waals surface area contributed by atoms with Gasteiger partial charge in [0.05, 0.1) is 32.3 Å². The number of aromatic nitrogens is 4. The topological polar surface area (TPSA) is 115 Å². The van der Waals surface area contributed by atoms with Crippen molar-refractivity contribution in [1.82, 2.24) is 19.5 Å². The molecule has 2 heterocycles. The van der Waals surface area contributed by atoms with Crippen molar-refractivity contribution in [3.05, 3.63) is 11.6 Å². The van der Waals surface area contributed by atoms with Gasteiger partial charge in [-0.05, 0) is 37.6 Å². The fourth-order valence-electron chi connectivity index (χ4n) is 3.13. The molecule has 0 spiro atoms. The highest BCUT2D eigenvalue weighted by molar-refractivity contribution is 7.99. The highest BCUT2D eigenvalue weighted by Gasteiger charge is 2.32. The second-order valence-electron chi connectivity index (χ2n) is 7.42. The van der Waals surface area contributed by atoms with Crippen LogP contribution in [0.3, 0.4) is 0 Å². The molecule has 2 aromatic rings. The van der Waals surface area contributed by atoms with E-state index in [4.69, 9.17) is 30.5 Å². The minimum absolute atomic E-state index is 0.00258. The highest BCUT2D eigenvalue weighted by atomic mass is 35.5. The number of rotatable bonds is 16. The number of fused-ring (bicyclic) bond motifs is 1. The Morgan fingerprint density at radius 1 is 1.11 bits per heavy atom. The number of hydrogen-bond acceptors (Lipinski definition) is 10. The third kappa shape index (κ3) is 10.3. The number of esters is 2. The lowest BCUT2D eigenvalue weighted by Gasteiger charge is -2.21. The molecule has 0 bridgehead atoms. The molecule has 10 nitrogen and oxygen atoms in total. The van der Waals surface area contributed by atoms with Gasteiger partial charge in [-0.15, -0.1) is 11.8 Å². The lowest BCUT2D eigenvalue weighted by molar-refractivity contribution is -0.175. The van der Waals surface area contributed by atoms with E-state index in [1.807, 2.05) is 13.8 Å². The molecule has 210 valence electrons. The zero-order valence-electron chi connectivity index (χ0n) is 22.4. The molecule has 37 heavy (non-hydrogen) atoms. The van der Waals surface area contributed by atoms with Crippen molar-refractivity contribution in [1.29, 1.82) is 0 Å². The molecule has 0 aliphatic rings. The van der Waals surface area contributed by atoms with Crippen LogP contribution < -0.4 is 0 Å². The average molecular weight is 565 g/mol. The number of ether oxygens (including phenoxy) is 4. The van der Waals surface area contributed by atoms with Crippen molar-refractivity contribution >= 4 is 46.5 Å². The summed E-state index contributed by atoms with van der Waals surface area (Å²) in [6, 6.07) is 0. The maximum absolute atomic E-state index is 15.3. The van der Waals surface area contributed by atoms with Gasteiger partial charge >= 0.3 is 11.9 Å². The summed E-state index contributed by atoms with van der Waals surface area (Å²) in [5.74, 6) is -0.921. The Morgan fingerprint density at radius 2 is 1.76 bits per heavy atom. The number of alkyl halides is 1. The normalized spacial score (nSPS) is 12.7. The molecule has 0 N–H and O–H groups in total. The predicted molar refractivity (Wildman–Crippen MR) is 140 cm³/mol. The number of unbranched alkanes of at least 4 members (excludes halogenated alkanes) is 2. The molecular weight excluding hydrogens is 527 g/mol. The van der Waals surface area contributed by atoms with E-state index >= 15 is 4.39 Å². The van der Waals surface area contributed by atoms with Crippen molar-refractivity contribution in [2.75, 3.05) is 32.7 Å². The molecule has 0 amide bonds. The number of nitrogens with zero attached hydrogens (tertiary/aromatic N) is 4. The lowest BCUT2D eigenvalue weighted by Crippen LogP contribution is -2.38. The zero-order chi connectivity index (χ0) is 27.8. The SMILES string of the molecule is CC.CCCCCSc1nc(Cl)nc2c1ncn2C(F)CC(COC(C(=O)OCC)C(=O)OCC)OC. The second-order valence-corrected chi connectivity index (χ2v) is 8.84. The summed E-state index contributed by atoms with van der Waals surface area (Å²) >= 11 is 7.60. The van der Waals surface area contributed by atoms with E-state index < -0.39 is 30.4 Å². The molecule has 0 saturated carbocycles. The van der Waals surface area contributed by atoms with Gasteiger partial charge in [-0.2, -0.15) is 4.98 Å². The van der Waals surface area contributed by atoms with Crippen LogP contribution in [0.15, 0.2) is 11.4 Å². The molecule has 0 fully saturated rings. The Labute approximate surface area is 227 Å². The Kier molecular flexibility index (Phi) is 16.3. The Balaban J connectivity index is 0.00000334. The smallest absolute Gasteiger partial charge is 0.347 e. The van der Waals surface area contributed by atoms with E-state index in [-0.39, 0.29) is 37.2 Å². The molecule has 2 aromatic heterocycles. The van der Waals surface area contributed by atoms with Crippen molar-refractivity contribution in [3.63, 3.8) is 0 Å². The van der Waals surface area contributed by atoms with Crippen molar-refractivity contribution in [2.45, 2.75) is 83.8 Å². The van der Waals surface area contributed by atoms with Gasteiger partial charge in [-0.3, -0.25) is 4.57 Å². The molecule has 2 atom stereocenters. The van der Waals surface area contributed by atoms with Gasteiger partial charge < -0.3 is 18.9 Å². The van der Waals surface area contributed by atoms with Gasteiger partial charge in [0.1, 0.15) is 10.5 Å². The first-order chi connectivity index (χ1) is 17.9. The summed E-state index contributed by atoms with van der Waals surface area (Å²) in [7, 11) is 1.38. The lowest BCUT2D eigenvalue weighted by atomic mass is 10.2. The van der Waals surface area contributed by atoms with Crippen LogP contribution in [0.25, 0.3) is 11.2 Å². The van der Waals surface area contributed by atoms with Gasteiger partial charge in [0.15, 0.2) is 11.9 Å². The van der Waals surface area contributed by atoms with E-state index in [0.717, 1.165) is 25.0 Å². The number of carbonyl (C=O) groups is 2. The van der Waals surface area contributed by atoms with Crippen LogP contribution in [-0.2, 0) is 28.5 Å². The first-order valence-electron chi connectivity index (χ1n) is 12.5. The van der Waals surface area contributed by atoms with E-state index in [9.17, 15) is 9.59 Å². The van der Waals surface area contributed by atoms with Crippen LogP contribution in [-0.4, -0.2) is 76.3 Å². The summed E-state index contributed by atoms with van der Waals surface area (Å²) in [4.78, 5) is 36.9. The molecule has 13 heteroatoms. The molecule has 0 aliphatic carbocycles. The van der Waals surface area contributed by atoms with Crippen LogP contribution in [0.1, 0.15) is 66.6 Å². The molecular formula is C24H38ClFN4O6S. The number of hydrogen-bond donors (Lipinski definition) is 0. The summed E-state index contributed by atoms with van der Waals surface area (Å²) in [6.45, 7) is 9.21. The van der Waals surface area contributed by atoms with Crippen molar-refractivity contribution < 1.29 is 32.9 Å². The standard InChI is InChI=1S/C22H32ClFN4O6S.C2H6/c1-5-8-9-10-35-19-16-18(26-22(23)27-19)28(13-25-16)15(24)11-14(31-4)12-34-17(20(29)32-6-2)21(30)33-7-3;1-2/h13-15,17H,5-12H2,1-4H3;1-2H3. The maximum atomic E-state index is 15.3. The fourth-order valence-corrected chi connectivity index (χ4v) is 4.31. The van der Waals surface area contributed by atoms with Crippen molar-refractivity contribution in [2.24, 2.45) is 0 Å². The molecule has 0 aromatic carbocycles. The number of carbonyl (C=O) groups excluding carboxylic acids is 2. The molecule has 0 aliphatic heterocycles. The maximum Gasteiger partial charge on any atom is 0.347 e. The summed E-state index contributed by atoms with van der Waals surface area (Å²) in [5, 5.41) is 0.600. The van der Waals surface area contributed by atoms with Crippen LogP contribution in [0, 0.1) is 0 Å². The third-order valence-corrected chi connectivity index (χ3v) is 6.11. The molecule has 0 saturated heterocycles. The summed E-state index contributed by atoms with van der Waals surface area (Å²) in [6.07, 6.45) is 0.414. The Hall–Kier alpha value is -2.02. The number of methoxy groups -OCH3 is 1. The van der Waals surface area contributed by atoms with Gasteiger partial charge in [0.2, 0.25) is 5.28 Å². The molecule has 2 unspecified atom stereocenters. The fraction of sp³-hybridized carbons (Fsp3) is 0.708. The quantitative estimate of drug-likeness (QED) is 0.0675. The zero-order valence-corrected chi connectivity index (χ0v) is 23.9. The number of thioether (sulfide) groups is 1. The van der Waals surface area contributed by atoms with E-state index in [0.29, 0.717) is 10.5 Å². The molecule has 0 radical (unpaired) electrons. The Bertz CT molecular complexity index is 949. The van der Waals surface area contributed by atoms with Crippen molar-refractivity contribution in [3.8, 4) is 0 Å². The van der Waals surface area contributed by atoms with Gasteiger partial charge in [0, 0.05) is 13.5 Å². The highest BCUT2D eigenvalue weighted by Crippen LogP contribution is 2.29. The third-order valence-electron chi connectivity index (χ3n) is 4.89. The first kappa shape index (κ1) is 33.0.